The Morgan fingerprint density at radius 1 is 1.29 bits per heavy atom. The maximum Gasteiger partial charge on any atom is 0.409 e. The molecule has 6 nitrogen and oxygen atoms in total. The van der Waals surface area contributed by atoms with Crippen molar-refractivity contribution in [1.82, 2.24) is 5.32 Å². The van der Waals surface area contributed by atoms with Gasteiger partial charge in [0, 0.05) is 6.42 Å². The van der Waals surface area contributed by atoms with Crippen molar-refractivity contribution in [2.75, 3.05) is 0 Å². The number of aliphatic carboxylic acids is 1. The lowest BCUT2D eigenvalue weighted by atomic mass is 10.2. The van der Waals surface area contributed by atoms with E-state index in [0.717, 1.165) is 0 Å². The average Bonchev–Trinajstić information content (AvgIpc) is 2.08. The van der Waals surface area contributed by atoms with Crippen LogP contribution in [0.2, 0.25) is 0 Å². The fourth-order valence-corrected chi connectivity index (χ4v) is 1.13. The van der Waals surface area contributed by atoms with E-state index in [2.05, 4.69) is 5.32 Å². The fraction of sp³-hybridized carbons (Fsp3) is 0.818. The highest BCUT2D eigenvalue weighted by Gasteiger charge is 2.17. The number of carbonyl (C=O) groups is 2. The minimum Gasteiger partial charge on any atom is -0.481 e. The Hall–Kier alpha value is -1.30. The van der Waals surface area contributed by atoms with E-state index in [0.29, 0.717) is 19.3 Å². The number of carboxylic acid groups (broad SMARTS) is 1. The number of rotatable bonds is 6. The van der Waals surface area contributed by atoms with Gasteiger partial charge in [-0.2, -0.15) is 0 Å². The first-order valence-corrected chi connectivity index (χ1v) is 5.60. The van der Waals surface area contributed by atoms with Gasteiger partial charge >= 0.3 is 12.1 Å². The second kappa shape index (κ2) is 7.11. The van der Waals surface area contributed by atoms with E-state index >= 15 is 0 Å². The molecule has 0 radical (unpaired) electrons. The third-order valence-electron chi connectivity index (χ3n) is 1.80. The van der Waals surface area contributed by atoms with Gasteiger partial charge in [0.2, 0.25) is 0 Å². The molecule has 0 aliphatic heterocycles. The van der Waals surface area contributed by atoms with Gasteiger partial charge in [0.15, 0.2) is 0 Å². The van der Waals surface area contributed by atoms with Crippen LogP contribution in [0, 0.1) is 0 Å². The van der Waals surface area contributed by atoms with Crippen LogP contribution < -0.4 is 5.32 Å². The lowest BCUT2D eigenvalue weighted by Gasteiger charge is -2.21. The van der Waals surface area contributed by atoms with Gasteiger partial charge in [0.25, 0.3) is 0 Å². The maximum absolute atomic E-state index is 11.2. The molecule has 0 saturated heterocycles. The molecule has 0 aromatic carbocycles. The summed E-state index contributed by atoms with van der Waals surface area (Å²) in [6.45, 7) is 5.18. The number of hydrogen-bond donors (Lipinski definition) is 3. The molecule has 0 aliphatic carbocycles. The number of nitrogens with one attached hydrogen (secondary N) is 1. The van der Waals surface area contributed by atoms with Crippen LogP contribution in [0.25, 0.3) is 0 Å². The van der Waals surface area contributed by atoms with Gasteiger partial charge < -0.3 is 14.9 Å². The molecule has 0 saturated carbocycles. The normalized spacial score (nSPS) is 12.9. The lowest BCUT2D eigenvalue weighted by molar-refractivity contribution is -0.137. The average molecular weight is 247 g/mol. The fourth-order valence-electron chi connectivity index (χ4n) is 1.13. The smallest absolute Gasteiger partial charge is 0.409 e. The molecule has 0 bridgehead atoms. The van der Waals surface area contributed by atoms with Gasteiger partial charge in [0.05, 0.1) is 0 Å². The summed E-state index contributed by atoms with van der Waals surface area (Å²) in [6.07, 6.45) is -0.293. The van der Waals surface area contributed by atoms with Gasteiger partial charge in [-0.1, -0.05) is 0 Å². The van der Waals surface area contributed by atoms with E-state index in [1.165, 1.54) is 0 Å². The Kier molecular flexibility index (Phi) is 6.57. The van der Waals surface area contributed by atoms with Crippen molar-refractivity contribution in [3.05, 3.63) is 0 Å². The van der Waals surface area contributed by atoms with Crippen LogP contribution in [0.5, 0.6) is 0 Å². The molecule has 0 unspecified atom stereocenters. The van der Waals surface area contributed by atoms with Gasteiger partial charge in [-0.3, -0.25) is 10.1 Å². The zero-order valence-electron chi connectivity index (χ0n) is 10.5. The second-order valence-electron chi connectivity index (χ2n) is 4.80. The standard InChI is InChI=1S/C11H21NO5/c1-11(2,3)17-10(16)12-8(13)6-4-5-7-9(14)15/h8,13H,4-7H2,1-3H3,(H,12,16)(H,14,15)/t8-/m0/s1. The lowest BCUT2D eigenvalue weighted by Crippen LogP contribution is -2.39. The monoisotopic (exact) mass is 247 g/mol. The van der Waals surface area contributed by atoms with Gasteiger partial charge in [-0.25, -0.2) is 4.79 Å². The highest BCUT2D eigenvalue weighted by Crippen LogP contribution is 2.07. The Bertz CT molecular complexity index is 259. The first-order valence-electron chi connectivity index (χ1n) is 5.60. The quantitative estimate of drug-likeness (QED) is 0.488. The van der Waals surface area contributed by atoms with Crippen LogP contribution in [0.3, 0.4) is 0 Å². The summed E-state index contributed by atoms with van der Waals surface area (Å²) in [6, 6.07) is 0. The number of hydrogen-bond acceptors (Lipinski definition) is 4. The predicted molar refractivity (Wildman–Crippen MR) is 61.5 cm³/mol. The van der Waals surface area contributed by atoms with E-state index in [9.17, 15) is 14.7 Å². The summed E-state index contributed by atoms with van der Waals surface area (Å²) in [4.78, 5) is 21.4. The molecule has 0 rings (SSSR count). The van der Waals surface area contributed by atoms with Crippen molar-refractivity contribution in [3.63, 3.8) is 0 Å². The topological polar surface area (TPSA) is 95.9 Å². The number of alkyl carbamates (subject to hydrolysis) is 1. The van der Waals surface area contributed by atoms with E-state index in [4.69, 9.17) is 9.84 Å². The summed E-state index contributed by atoms with van der Waals surface area (Å²) >= 11 is 0. The number of amides is 1. The Morgan fingerprint density at radius 3 is 2.35 bits per heavy atom. The molecule has 17 heavy (non-hydrogen) atoms. The molecule has 0 aromatic rings. The van der Waals surface area contributed by atoms with Crippen LogP contribution in [0.1, 0.15) is 46.5 Å². The van der Waals surface area contributed by atoms with Crippen molar-refractivity contribution in [1.29, 1.82) is 0 Å². The Morgan fingerprint density at radius 2 is 1.88 bits per heavy atom. The summed E-state index contributed by atoms with van der Waals surface area (Å²) in [5.41, 5.74) is -0.604. The van der Waals surface area contributed by atoms with Gasteiger partial charge in [0.1, 0.15) is 11.8 Å². The zero-order valence-corrected chi connectivity index (χ0v) is 10.5. The summed E-state index contributed by atoms with van der Waals surface area (Å²) in [5, 5.41) is 20.1. The van der Waals surface area contributed by atoms with Crippen molar-refractivity contribution >= 4 is 12.1 Å². The van der Waals surface area contributed by atoms with Crippen LogP contribution in [0.15, 0.2) is 0 Å². The maximum atomic E-state index is 11.2. The third kappa shape index (κ3) is 11.0. The zero-order chi connectivity index (χ0) is 13.5. The molecule has 6 heteroatoms. The molecule has 1 atom stereocenters. The van der Waals surface area contributed by atoms with Crippen molar-refractivity contribution in [2.45, 2.75) is 58.3 Å². The Balaban J connectivity index is 3.68. The molecule has 1 amide bonds. The van der Waals surface area contributed by atoms with Gasteiger partial charge in [-0.15, -0.1) is 0 Å². The van der Waals surface area contributed by atoms with Crippen LogP contribution in [-0.4, -0.2) is 34.1 Å². The third-order valence-corrected chi connectivity index (χ3v) is 1.80. The van der Waals surface area contributed by atoms with Gasteiger partial charge in [-0.05, 0) is 40.0 Å². The molecule has 100 valence electrons. The molecular weight excluding hydrogens is 226 g/mol. The minimum absolute atomic E-state index is 0.0686. The molecule has 0 fully saturated rings. The number of aliphatic hydroxyl groups excluding tert-OH is 1. The van der Waals surface area contributed by atoms with E-state index in [1.54, 1.807) is 20.8 Å². The van der Waals surface area contributed by atoms with E-state index in [-0.39, 0.29) is 6.42 Å². The first kappa shape index (κ1) is 15.7. The number of aliphatic hydroxyl groups is 1. The van der Waals surface area contributed by atoms with Crippen molar-refractivity contribution < 1.29 is 24.5 Å². The molecule has 0 aliphatic rings. The van der Waals surface area contributed by atoms with E-state index in [1.807, 2.05) is 0 Å². The summed E-state index contributed by atoms with van der Waals surface area (Å²) in [7, 11) is 0. The second-order valence-corrected chi connectivity index (χ2v) is 4.80. The highest BCUT2D eigenvalue weighted by molar-refractivity contribution is 5.67. The highest BCUT2D eigenvalue weighted by atomic mass is 16.6. The summed E-state index contributed by atoms with van der Waals surface area (Å²) in [5.74, 6) is -0.861. The number of ether oxygens (including phenoxy) is 1. The van der Waals surface area contributed by atoms with Crippen LogP contribution in [-0.2, 0) is 9.53 Å². The predicted octanol–water partition coefficient (Wildman–Crippen LogP) is 1.47. The van der Waals surface area contributed by atoms with E-state index < -0.39 is 23.9 Å². The van der Waals surface area contributed by atoms with Crippen LogP contribution >= 0.6 is 0 Å². The number of carboxylic acids is 1. The molecule has 0 aromatic heterocycles. The first-order chi connectivity index (χ1) is 7.70. The molecule has 0 heterocycles. The SMILES string of the molecule is CC(C)(C)OC(=O)N[C@@H](O)CCCCC(=O)O. The van der Waals surface area contributed by atoms with Crippen LogP contribution in [0.4, 0.5) is 4.79 Å². The molecular formula is C11H21NO5. The summed E-state index contributed by atoms with van der Waals surface area (Å²) < 4.78 is 4.95. The molecule has 0 spiro atoms. The minimum atomic E-state index is -1.00. The number of unbranched alkanes of at least 4 members (excludes halogenated alkanes) is 1. The Labute approximate surface area is 101 Å². The largest absolute Gasteiger partial charge is 0.481 e. The number of carbonyl (C=O) groups excluding carboxylic acids is 1. The molecule has 3 N–H and O–H groups in total. The van der Waals surface area contributed by atoms with Crippen molar-refractivity contribution in [2.24, 2.45) is 0 Å². The van der Waals surface area contributed by atoms with Crippen molar-refractivity contribution in [3.8, 4) is 0 Å².